The molecular formula is C15H21NO2. The van der Waals surface area contributed by atoms with E-state index in [9.17, 15) is 0 Å². The summed E-state index contributed by atoms with van der Waals surface area (Å²) in [4.78, 5) is 0. The number of benzene rings is 1. The Morgan fingerprint density at radius 1 is 1.28 bits per heavy atom. The third kappa shape index (κ3) is 3.12. The average molecular weight is 247 g/mol. The zero-order valence-corrected chi connectivity index (χ0v) is 11.2. The predicted octanol–water partition coefficient (Wildman–Crippen LogP) is 2.77. The zero-order valence-electron chi connectivity index (χ0n) is 11.2. The van der Waals surface area contributed by atoms with Gasteiger partial charge in [0, 0.05) is 12.5 Å². The van der Waals surface area contributed by atoms with Gasteiger partial charge in [-0.2, -0.15) is 0 Å². The average Bonchev–Trinajstić information content (AvgIpc) is 2.79. The molecule has 0 bridgehead atoms. The first-order valence-corrected chi connectivity index (χ1v) is 6.53. The Kier molecular flexibility index (Phi) is 4.79. The maximum Gasteiger partial charge on any atom is 0.134 e. The van der Waals surface area contributed by atoms with E-state index in [4.69, 9.17) is 9.15 Å². The van der Waals surface area contributed by atoms with E-state index in [-0.39, 0.29) is 0 Å². The molecule has 0 spiro atoms. The number of ether oxygens (including phenoxy) is 1. The molecule has 0 aliphatic heterocycles. The summed E-state index contributed by atoms with van der Waals surface area (Å²) in [6.45, 7) is 4.88. The molecule has 3 nitrogen and oxygen atoms in total. The van der Waals surface area contributed by atoms with Crippen molar-refractivity contribution in [2.75, 3.05) is 26.8 Å². The third-order valence-corrected chi connectivity index (χ3v) is 3.13. The first-order chi connectivity index (χ1) is 8.85. The van der Waals surface area contributed by atoms with Gasteiger partial charge >= 0.3 is 0 Å². The van der Waals surface area contributed by atoms with E-state index < -0.39 is 0 Å². The van der Waals surface area contributed by atoms with Crippen molar-refractivity contribution in [2.45, 2.75) is 19.8 Å². The van der Waals surface area contributed by atoms with E-state index in [0.717, 1.165) is 38.1 Å². The predicted molar refractivity (Wildman–Crippen MR) is 74.0 cm³/mol. The molecule has 0 fully saturated rings. The van der Waals surface area contributed by atoms with Crippen LogP contribution in [-0.4, -0.2) is 26.8 Å². The quantitative estimate of drug-likeness (QED) is 0.764. The summed E-state index contributed by atoms with van der Waals surface area (Å²) in [5.74, 6) is 0. The second kappa shape index (κ2) is 6.57. The molecule has 0 unspecified atom stereocenters. The van der Waals surface area contributed by atoms with Gasteiger partial charge in [0.05, 0.1) is 12.9 Å². The second-order valence-electron chi connectivity index (χ2n) is 4.44. The van der Waals surface area contributed by atoms with Crippen LogP contribution in [0.5, 0.6) is 0 Å². The zero-order chi connectivity index (χ0) is 12.8. The molecule has 3 heteroatoms. The minimum absolute atomic E-state index is 0.760. The van der Waals surface area contributed by atoms with Crippen LogP contribution in [0.2, 0.25) is 0 Å². The van der Waals surface area contributed by atoms with Crippen LogP contribution in [0, 0.1) is 0 Å². The molecule has 1 aromatic heterocycles. The normalized spacial score (nSPS) is 11.2. The Balaban J connectivity index is 2.14. The van der Waals surface area contributed by atoms with Crippen molar-refractivity contribution in [3.8, 4) is 0 Å². The standard InChI is InChI=1S/C15H21NO2/c1-3-16-8-6-13-11-18-15-5-4-12(7-9-17-2)10-14(13)15/h4-5,10-11,16H,3,6-9H2,1-2H3. The van der Waals surface area contributed by atoms with Crippen LogP contribution >= 0.6 is 0 Å². The molecular weight excluding hydrogens is 226 g/mol. The van der Waals surface area contributed by atoms with Crippen LogP contribution in [0.4, 0.5) is 0 Å². The van der Waals surface area contributed by atoms with Crippen molar-refractivity contribution in [1.29, 1.82) is 0 Å². The minimum Gasteiger partial charge on any atom is -0.464 e. The van der Waals surface area contributed by atoms with Crippen molar-refractivity contribution >= 4 is 11.0 Å². The highest BCUT2D eigenvalue weighted by Crippen LogP contribution is 2.23. The lowest BCUT2D eigenvalue weighted by Crippen LogP contribution is -2.15. The van der Waals surface area contributed by atoms with Gasteiger partial charge in [0.2, 0.25) is 0 Å². The molecule has 0 atom stereocenters. The van der Waals surface area contributed by atoms with Crippen LogP contribution in [-0.2, 0) is 17.6 Å². The van der Waals surface area contributed by atoms with Gasteiger partial charge in [-0.15, -0.1) is 0 Å². The minimum atomic E-state index is 0.760. The summed E-state index contributed by atoms with van der Waals surface area (Å²) < 4.78 is 10.7. The maximum atomic E-state index is 5.58. The van der Waals surface area contributed by atoms with E-state index >= 15 is 0 Å². The highest BCUT2D eigenvalue weighted by molar-refractivity contribution is 5.81. The highest BCUT2D eigenvalue weighted by atomic mass is 16.5. The van der Waals surface area contributed by atoms with E-state index in [1.807, 2.05) is 6.26 Å². The summed E-state index contributed by atoms with van der Waals surface area (Å²) in [5, 5.41) is 4.58. The Bertz CT molecular complexity index is 490. The summed E-state index contributed by atoms with van der Waals surface area (Å²) in [6, 6.07) is 6.38. The molecule has 0 radical (unpaired) electrons. The molecule has 0 aliphatic rings. The lowest BCUT2D eigenvalue weighted by molar-refractivity contribution is 0.202. The number of hydrogen-bond donors (Lipinski definition) is 1. The van der Waals surface area contributed by atoms with Crippen LogP contribution in [0.1, 0.15) is 18.1 Å². The van der Waals surface area contributed by atoms with E-state index in [1.165, 1.54) is 16.5 Å². The lowest BCUT2D eigenvalue weighted by atomic mass is 10.1. The summed E-state index contributed by atoms with van der Waals surface area (Å²) in [5.41, 5.74) is 3.56. The topological polar surface area (TPSA) is 34.4 Å². The Labute approximate surface area is 108 Å². The summed E-state index contributed by atoms with van der Waals surface area (Å²) in [7, 11) is 1.73. The number of furan rings is 1. The van der Waals surface area contributed by atoms with Crippen LogP contribution in [0.15, 0.2) is 28.9 Å². The molecule has 98 valence electrons. The molecule has 1 aromatic carbocycles. The van der Waals surface area contributed by atoms with Crippen molar-refractivity contribution in [3.63, 3.8) is 0 Å². The number of hydrogen-bond acceptors (Lipinski definition) is 3. The molecule has 1 heterocycles. The molecule has 2 aromatic rings. The number of rotatable bonds is 7. The molecule has 0 saturated heterocycles. The van der Waals surface area contributed by atoms with Crippen LogP contribution in [0.3, 0.4) is 0 Å². The Hall–Kier alpha value is -1.32. The summed E-state index contributed by atoms with van der Waals surface area (Å²) >= 11 is 0. The van der Waals surface area contributed by atoms with Gasteiger partial charge in [-0.3, -0.25) is 0 Å². The molecule has 0 saturated carbocycles. The lowest BCUT2D eigenvalue weighted by Gasteiger charge is -2.02. The van der Waals surface area contributed by atoms with Gasteiger partial charge in [-0.25, -0.2) is 0 Å². The molecule has 2 rings (SSSR count). The van der Waals surface area contributed by atoms with Crippen molar-refractivity contribution < 1.29 is 9.15 Å². The van der Waals surface area contributed by atoms with Gasteiger partial charge < -0.3 is 14.5 Å². The fraction of sp³-hybridized carbons (Fsp3) is 0.467. The van der Waals surface area contributed by atoms with Crippen molar-refractivity contribution in [2.24, 2.45) is 0 Å². The van der Waals surface area contributed by atoms with Crippen molar-refractivity contribution in [1.82, 2.24) is 5.32 Å². The third-order valence-electron chi connectivity index (χ3n) is 3.13. The Morgan fingerprint density at radius 2 is 2.17 bits per heavy atom. The second-order valence-corrected chi connectivity index (χ2v) is 4.44. The monoisotopic (exact) mass is 247 g/mol. The van der Waals surface area contributed by atoms with Crippen LogP contribution in [0.25, 0.3) is 11.0 Å². The van der Waals surface area contributed by atoms with E-state index in [0.29, 0.717) is 0 Å². The van der Waals surface area contributed by atoms with Gasteiger partial charge in [0.1, 0.15) is 5.58 Å². The smallest absolute Gasteiger partial charge is 0.134 e. The number of nitrogens with one attached hydrogen (secondary N) is 1. The number of methoxy groups -OCH3 is 1. The molecule has 0 amide bonds. The summed E-state index contributed by atoms with van der Waals surface area (Å²) in [6.07, 6.45) is 3.83. The van der Waals surface area contributed by atoms with Crippen molar-refractivity contribution in [3.05, 3.63) is 35.6 Å². The maximum absolute atomic E-state index is 5.58. The molecule has 0 aliphatic carbocycles. The fourth-order valence-electron chi connectivity index (χ4n) is 2.10. The van der Waals surface area contributed by atoms with Gasteiger partial charge in [0.25, 0.3) is 0 Å². The largest absolute Gasteiger partial charge is 0.464 e. The number of fused-ring (bicyclic) bond motifs is 1. The molecule has 1 N–H and O–H groups in total. The van der Waals surface area contributed by atoms with Gasteiger partial charge in [-0.05, 0) is 49.2 Å². The fourth-order valence-corrected chi connectivity index (χ4v) is 2.10. The van der Waals surface area contributed by atoms with Crippen LogP contribution < -0.4 is 5.32 Å². The van der Waals surface area contributed by atoms with Gasteiger partial charge in [-0.1, -0.05) is 13.0 Å². The van der Waals surface area contributed by atoms with Gasteiger partial charge in [0.15, 0.2) is 0 Å². The van der Waals surface area contributed by atoms with E-state index in [1.54, 1.807) is 7.11 Å². The first kappa shape index (κ1) is 13.1. The number of likely N-dealkylation sites (N-methyl/N-ethyl adjacent to an activating group) is 1. The van der Waals surface area contributed by atoms with E-state index in [2.05, 4.69) is 30.4 Å². The molecule has 18 heavy (non-hydrogen) atoms. The Morgan fingerprint density at radius 3 is 2.94 bits per heavy atom. The first-order valence-electron chi connectivity index (χ1n) is 6.53. The highest BCUT2D eigenvalue weighted by Gasteiger charge is 2.06. The SMILES string of the molecule is CCNCCc1coc2ccc(CCOC)cc12.